The largest absolute Gasteiger partial charge is 0.359 e. The fourth-order valence-corrected chi connectivity index (χ4v) is 2.48. The molecule has 0 aliphatic heterocycles. The summed E-state index contributed by atoms with van der Waals surface area (Å²) in [7, 11) is 4.15. The second-order valence-corrected chi connectivity index (χ2v) is 6.98. The molecule has 2 N–H and O–H groups in total. The van der Waals surface area contributed by atoms with Crippen molar-refractivity contribution in [2.24, 2.45) is 4.99 Å². The number of nitrogens with zero attached hydrogens (tertiary/aromatic N) is 3. The minimum absolute atomic E-state index is 0. The van der Waals surface area contributed by atoms with E-state index in [1.165, 1.54) is 11.1 Å². The van der Waals surface area contributed by atoms with Crippen LogP contribution in [-0.2, 0) is 19.6 Å². The molecule has 0 bridgehead atoms. The average molecular weight is 485 g/mol. The van der Waals surface area contributed by atoms with Gasteiger partial charge in [-0.2, -0.15) is 0 Å². The fourth-order valence-electron chi connectivity index (χ4n) is 2.48. The highest BCUT2D eigenvalue weighted by Gasteiger charge is 2.08. The van der Waals surface area contributed by atoms with Gasteiger partial charge in [-0.25, -0.2) is 4.99 Å². The van der Waals surface area contributed by atoms with Gasteiger partial charge in [-0.3, -0.25) is 0 Å². The van der Waals surface area contributed by atoms with Gasteiger partial charge < -0.3 is 20.1 Å². The van der Waals surface area contributed by atoms with Gasteiger partial charge in [0.05, 0.1) is 18.8 Å². The Morgan fingerprint density at radius 1 is 1.15 bits per heavy atom. The maximum Gasteiger partial charge on any atom is 0.191 e. The second kappa shape index (κ2) is 12.0. The van der Waals surface area contributed by atoms with Crippen LogP contribution >= 0.6 is 24.0 Å². The van der Waals surface area contributed by atoms with Gasteiger partial charge >= 0.3 is 0 Å². The highest BCUT2D eigenvalue weighted by Crippen LogP contribution is 2.13. The third kappa shape index (κ3) is 8.30. The molecule has 0 atom stereocenters. The van der Waals surface area contributed by atoms with Crippen LogP contribution < -0.4 is 10.6 Å². The summed E-state index contributed by atoms with van der Waals surface area (Å²) >= 11 is 0. The molecule has 1 heterocycles. The van der Waals surface area contributed by atoms with Gasteiger partial charge in [0.1, 0.15) is 0 Å². The van der Waals surface area contributed by atoms with Crippen LogP contribution in [0.4, 0.5) is 0 Å². The first kappa shape index (κ1) is 23.4. The Balaban J connectivity index is 0.00000364. The summed E-state index contributed by atoms with van der Waals surface area (Å²) in [6, 6.07) is 10.6. The standard InChI is InChI=1S/C20H31N5O.HI/c1-6-21-20(23-13-18-11-19(15(2)3)24-26-18)22-12-16-7-9-17(10-8-16)14-25(4)5;/h7-11,15H,6,12-14H2,1-5H3,(H2,21,22,23);1H. The van der Waals surface area contributed by atoms with Crippen molar-refractivity contribution in [2.45, 2.75) is 46.3 Å². The van der Waals surface area contributed by atoms with Crippen LogP contribution in [0.25, 0.3) is 0 Å². The second-order valence-electron chi connectivity index (χ2n) is 6.98. The Morgan fingerprint density at radius 2 is 1.81 bits per heavy atom. The Hall–Kier alpha value is -1.61. The van der Waals surface area contributed by atoms with E-state index in [0.29, 0.717) is 19.0 Å². The minimum atomic E-state index is 0. The summed E-state index contributed by atoms with van der Waals surface area (Å²) in [4.78, 5) is 6.81. The summed E-state index contributed by atoms with van der Waals surface area (Å²) in [6.07, 6.45) is 0. The lowest BCUT2D eigenvalue weighted by molar-refractivity contribution is 0.372. The van der Waals surface area contributed by atoms with Crippen molar-refractivity contribution in [3.05, 3.63) is 52.9 Å². The summed E-state index contributed by atoms with van der Waals surface area (Å²) < 4.78 is 5.36. The highest BCUT2D eigenvalue weighted by molar-refractivity contribution is 14.0. The maximum absolute atomic E-state index is 5.36. The van der Waals surface area contributed by atoms with E-state index < -0.39 is 0 Å². The van der Waals surface area contributed by atoms with Crippen LogP contribution in [0.2, 0.25) is 0 Å². The average Bonchev–Trinajstić information content (AvgIpc) is 3.07. The van der Waals surface area contributed by atoms with E-state index in [-0.39, 0.29) is 24.0 Å². The van der Waals surface area contributed by atoms with Crippen molar-refractivity contribution in [1.82, 2.24) is 20.7 Å². The van der Waals surface area contributed by atoms with Crippen molar-refractivity contribution >= 4 is 29.9 Å². The molecular weight excluding hydrogens is 453 g/mol. The van der Waals surface area contributed by atoms with Gasteiger partial charge in [0.15, 0.2) is 11.7 Å². The summed E-state index contributed by atoms with van der Waals surface area (Å²) in [5.74, 6) is 1.95. The number of aromatic nitrogens is 1. The van der Waals surface area contributed by atoms with E-state index in [9.17, 15) is 0 Å². The van der Waals surface area contributed by atoms with Gasteiger partial charge in [-0.1, -0.05) is 43.3 Å². The van der Waals surface area contributed by atoms with Gasteiger partial charge in [0.2, 0.25) is 0 Å². The van der Waals surface area contributed by atoms with Gasteiger partial charge in [0.25, 0.3) is 0 Å². The molecule has 150 valence electrons. The number of hydrogen-bond acceptors (Lipinski definition) is 4. The molecule has 6 nitrogen and oxygen atoms in total. The van der Waals surface area contributed by atoms with Crippen molar-refractivity contribution in [2.75, 3.05) is 20.6 Å². The molecule has 0 spiro atoms. The Labute approximate surface area is 179 Å². The Bertz CT molecular complexity index is 695. The fraction of sp³-hybridized carbons (Fsp3) is 0.500. The number of halogens is 1. The molecule has 0 aliphatic rings. The summed E-state index contributed by atoms with van der Waals surface area (Å²) in [6.45, 7) is 9.20. The zero-order chi connectivity index (χ0) is 18.9. The number of rotatable bonds is 8. The molecule has 0 unspecified atom stereocenters. The van der Waals surface area contributed by atoms with E-state index in [1.807, 2.05) is 6.07 Å². The smallest absolute Gasteiger partial charge is 0.191 e. The predicted molar refractivity (Wildman–Crippen MR) is 121 cm³/mol. The predicted octanol–water partition coefficient (Wildman–Crippen LogP) is 3.73. The molecule has 0 fully saturated rings. The monoisotopic (exact) mass is 485 g/mol. The van der Waals surface area contributed by atoms with Crippen LogP contribution in [0.1, 0.15) is 49.3 Å². The molecule has 0 radical (unpaired) electrons. The van der Waals surface area contributed by atoms with Crippen molar-refractivity contribution in [3.63, 3.8) is 0 Å². The van der Waals surface area contributed by atoms with E-state index in [4.69, 9.17) is 4.52 Å². The number of hydrogen-bond donors (Lipinski definition) is 2. The molecular formula is C20H32IN5O. The van der Waals surface area contributed by atoms with Crippen LogP contribution in [0, 0.1) is 0 Å². The Kier molecular flexibility index (Phi) is 10.4. The molecule has 0 amide bonds. The molecule has 7 heteroatoms. The van der Waals surface area contributed by atoms with E-state index in [2.05, 4.69) is 84.8 Å². The van der Waals surface area contributed by atoms with Gasteiger partial charge in [0, 0.05) is 19.2 Å². The lowest BCUT2D eigenvalue weighted by Gasteiger charge is -2.11. The van der Waals surface area contributed by atoms with Gasteiger partial charge in [-0.05, 0) is 38.1 Å². The highest BCUT2D eigenvalue weighted by atomic mass is 127. The van der Waals surface area contributed by atoms with Crippen LogP contribution in [0.15, 0.2) is 39.8 Å². The minimum Gasteiger partial charge on any atom is -0.359 e. The normalized spacial score (nSPS) is 11.6. The first-order chi connectivity index (χ1) is 12.5. The third-order valence-electron chi connectivity index (χ3n) is 3.88. The number of guanidine groups is 1. The van der Waals surface area contributed by atoms with E-state index in [0.717, 1.165) is 30.5 Å². The molecule has 1 aromatic carbocycles. The maximum atomic E-state index is 5.36. The molecule has 0 aliphatic carbocycles. The van der Waals surface area contributed by atoms with E-state index in [1.54, 1.807) is 0 Å². The van der Waals surface area contributed by atoms with Crippen LogP contribution in [-0.4, -0.2) is 36.7 Å². The van der Waals surface area contributed by atoms with Crippen LogP contribution in [0.3, 0.4) is 0 Å². The molecule has 27 heavy (non-hydrogen) atoms. The summed E-state index contributed by atoms with van der Waals surface area (Å²) in [5, 5.41) is 10.6. The number of aliphatic imine (C=N–C) groups is 1. The first-order valence-corrected chi connectivity index (χ1v) is 9.18. The molecule has 0 saturated heterocycles. The lowest BCUT2D eigenvalue weighted by Crippen LogP contribution is -2.36. The van der Waals surface area contributed by atoms with Gasteiger partial charge in [-0.15, -0.1) is 24.0 Å². The molecule has 2 rings (SSSR count). The topological polar surface area (TPSA) is 65.7 Å². The zero-order valence-corrected chi connectivity index (χ0v) is 19.3. The lowest BCUT2D eigenvalue weighted by atomic mass is 10.1. The van der Waals surface area contributed by atoms with Crippen molar-refractivity contribution < 1.29 is 4.52 Å². The molecule has 1 aromatic heterocycles. The van der Waals surface area contributed by atoms with E-state index >= 15 is 0 Å². The SMILES string of the molecule is CCNC(=NCc1ccc(CN(C)C)cc1)NCc1cc(C(C)C)no1.I. The summed E-state index contributed by atoms with van der Waals surface area (Å²) in [5.41, 5.74) is 3.46. The quantitative estimate of drug-likeness (QED) is 0.339. The van der Waals surface area contributed by atoms with Crippen LogP contribution in [0.5, 0.6) is 0 Å². The molecule has 0 saturated carbocycles. The Morgan fingerprint density at radius 3 is 2.37 bits per heavy atom. The molecule has 2 aromatic rings. The number of benzene rings is 1. The first-order valence-electron chi connectivity index (χ1n) is 9.18. The zero-order valence-electron chi connectivity index (χ0n) is 17.0. The van der Waals surface area contributed by atoms with Crippen molar-refractivity contribution in [3.8, 4) is 0 Å². The number of nitrogens with one attached hydrogen (secondary N) is 2. The van der Waals surface area contributed by atoms with Crippen molar-refractivity contribution in [1.29, 1.82) is 0 Å². The third-order valence-corrected chi connectivity index (χ3v) is 3.88.